The molecule has 200 valence electrons. The van der Waals surface area contributed by atoms with Gasteiger partial charge >= 0.3 is 0 Å². The first-order valence-corrected chi connectivity index (χ1v) is 14.6. The zero-order valence-electron chi connectivity index (χ0n) is 22.0. The van der Waals surface area contributed by atoms with Crippen LogP contribution in [0.3, 0.4) is 0 Å². The van der Waals surface area contributed by atoms with E-state index in [0.717, 1.165) is 63.8 Å². The molecule has 2 heterocycles. The third-order valence-corrected chi connectivity index (χ3v) is 9.23. The van der Waals surface area contributed by atoms with Crippen LogP contribution in [0, 0.1) is 10.1 Å². The van der Waals surface area contributed by atoms with Crippen LogP contribution in [0.5, 0.6) is 0 Å². The van der Waals surface area contributed by atoms with Crippen LogP contribution in [0.25, 0.3) is 0 Å². The molecule has 0 spiro atoms. The Morgan fingerprint density at radius 3 is 2.41 bits per heavy atom. The van der Waals surface area contributed by atoms with Crippen LogP contribution in [-0.4, -0.2) is 63.6 Å². The number of rotatable bonds is 8. The first-order valence-electron chi connectivity index (χ1n) is 13.1. The van der Waals surface area contributed by atoms with Crippen molar-refractivity contribution in [3.05, 3.63) is 52.1 Å². The van der Waals surface area contributed by atoms with E-state index in [2.05, 4.69) is 21.7 Å². The van der Waals surface area contributed by atoms with Gasteiger partial charge in [0, 0.05) is 69.4 Å². The predicted octanol–water partition coefficient (Wildman–Crippen LogP) is 5.35. The highest BCUT2D eigenvalue weighted by Gasteiger charge is 2.26. The predicted molar refractivity (Wildman–Crippen MR) is 149 cm³/mol. The summed E-state index contributed by atoms with van der Waals surface area (Å²) < 4.78 is 27.7. The van der Waals surface area contributed by atoms with E-state index in [0.29, 0.717) is 23.0 Å². The fourth-order valence-electron chi connectivity index (χ4n) is 5.29. The highest BCUT2D eigenvalue weighted by molar-refractivity contribution is 7.89. The molecule has 0 unspecified atom stereocenters. The van der Waals surface area contributed by atoms with Crippen molar-refractivity contribution in [2.45, 2.75) is 62.8 Å². The van der Waals surface area contributed by atoms with Crippen molar-refractivity contribution in [3.8, 4) is 0 Å². The van der Waals surface area contributed by atoms with Crippen molar-refractivity contribution < 1.29 is 13.3 Å². The molecule has 0 aromatic heterocycles. The first-order chi connectivity index (χ1) is 17.7. The van der Waals surface area contributed by atoms with E-state index in [9.17, 15) is 18.5 Å². The van der Waals surface area contributed by atoms with Crippen molar-refractivity contribution in [2.75, 3.05) is 43.5 Å². The van der Waals surface area contributed by atoms with E-state index in [4.69, 9.17) is 0 Å². The number of sulfonamides is 1. The molecule has 37 heavy (non-hydrogen) atoms. The molecule has 10 heteroatoms. The van der Waals surface area contributed by atoms with Crippen LogP contribution >= 0.6 is 0 Å². The lowest BCUT2D eigenvalue weighted by Crippen LogP contribution is -2.39. The van der Waals surface area contributed by atoms with E-state index in [-0.39, 0.29) is 10.6 Å². The molecule has 9 nitrogen and oxygen atoms in total. The average Bonchev–Trinajstić information content (AvgIpc) is 2.92. The number of piperidine rings is 2. The number of nitro groups is 1. The Kier molecular flexibility index (Phi) is 8.49. The highest BCUT2D eigenvalue weighted by Crippen LogP contribution is 2.34. The molecule has 0 bridgehead atoms. The lowest BCUT2D eigenvalue weighted by atomic mass is 9.98. The lowest BCUT2D eigenvalue weighted by molar-refractivity contribution is -0.384. The van der Waals surface area contributed by atoms with Gasteiger partial charge in [0.2, 0.25) is 10.0 Å². The Hall–Kier alpha value is -2.98. The largest absolute Gasteiger partial charge is 0.370 e. The second-order valence-corrected chi connectivity index (χ2v) is 12.1. The van der Waals surface area contributed by atoms with Crippen molar-refractivity contribution >= 4 is 39.0 Å². The normalized spacial score (nSPS) is 19.1. The molecule has 4 rings (SSSR count). The van der Waals surface area contributed by atoms with E-state index in [1.165, 1.54) is 24.8 Å². The number of hydrogen-bond acceptors (Lipinski definition) is 7. The van der Waals surface area contributed by atoms with Crippen LogP contribution in [-0.2, 0) is 10.0 Å². The van der Waals surface area contributed by atoms with E-state index in [1.54, 1.807) is 24.4 Å². The fraction of sp³-hybridized carbons (Fsp3) is 0.519. The summed E-state index contributed by atoms with van der Waals surface area (Å²) in [5.41, 5.74) is 2.78. The number of benzene rings is 2. The summed E-state index contributed by atoms with van der Waals surface area (Å²) in [4.78, 5) is 20.4. The zero-order chi connectivity index (χ0) is 26.6. The second kappa shape index (κ2) is 11.6. The van der Waals surface area contributed by atoms with Crippen molar-refractivity contribution in [2.24, 2.45) is 4.99 Å². The van der Waals surface area contributed by atoms with Gasteiger partial charge in [-0.1, -0.05) is 6.92 Å². The van der Waals surface area contributed by atoms with Crippen LogP contribution in [0.2, 0.25) is 0 Å². The summed E-state index contributed by atoms with van der Waals surface area (Å²) in [6.07, 6.45) is 9.19. The van der Waals surface area contributed by atoms with Gasteiger partial charge in [0.05, 0.1) is 16.3 Å². The Morgan fingerprint density at radius 1 is 1.03 bits per heavy atom. The van der Waals surface area contributed by atoms with E-state index in [1.807, 2.05) is 18.2 Å². The monoisotopic (exact) mass is 527 g/mol. The number of hydrogen-bond donors (Lipinski definition) is 0. The summed E-state index contributed by atoms with van der Waals surface area (Å²) in [5, 5.41) is 11.5. The SMILES string of the molecule is CC[C@H]1CCCCN1c1ccc([N+](=O)[O-])cc1C=Nc1ccc(N2CCCCC2)c(S(=O)(=O)N(C)C)c1. The Bertz CT molecular complexity index is 1260. The molecule has 2 saturated heterocycles. The molecule has 2 aliphatic heterocycles. The molecule has 0 aliphatic carbocycles. The second-order valence-electron chi connectivity index (χ2n) is 10.00. The highest BCUT2D eigenvalue weighted by atomic mass is 32.2. The molecule has 0 radical (unpaired) electrons. The van der Waals surface area contributed by atoms with Crippen LogP contribution in [0.15, 0.2) is 46.3 Å². The van der Waals surface area contributed by atoms with Crippen molar-refractivity contribution in [1.29, 1.82) is 0 Å². The van der Waals surface area contributed by atoms with Gasteiger partial charge in [-0.2, -0.15) is 0 Å². The zero-order valence-corrected chi connectivity index (χ0v) is 22.8. The maximum absolute atomic E-state index is 13.2. The Morgan fingerprint density at radius 2 is 1.73 bits per heavy atom. The van der Waals surface area contributed by atoms with Gasteiger partial charge in [0.1, 0.15) is 4.90 Å². The minimum Gasteiger partial charge on any atom is -0.370 e. The lowest BCUT2D eigenvalue weighted by Gasteiger charge is -2.38. The van der Waals surface area contributed by atoms with Gasteiger partial charge in [-0.3, -0.25) is 15.1 Å². The molecule has 2 aliphatic rings. The Balaban J connectivity index is 1.75. The molecule has 2 aromatic rings. The summed E-state index contributed by atoms with van der Waals surface area (Å²) in [6, 6.07) is 10.6. The molecular weight excluding hydrogens is 490 g/mol. The molecule has 2 fully saturated rings. The smallest absolute Gasteiger partial charge is 0.270 e. The number of anilines is 2. The van der Waals surface area contributed by atoms with Gasteiger partial charge in [0.25, 0.3) is 5.69 Å². The average molecular weight is 528 g/mol. The molecule has 0 N–H and O–H groups in total. The third-order valence-electron chi connectivity index (χ3n) is 7.38. The number of nitro benzene ring substituents is 1. The molecule has 0 saturated carbocycles. The summed E-state index contributed by atoms with van der Waals surface area (Å²) in [6.45, 7) is 4.71. The van der Waals surface area contributed by atoms with Crippen molar-refractivity contribution in [3.63, 3.8) is 0 Å². The topological polar surface area (TPSA) is 99.4 Å². The van der Waals surface area contributed by atoms with Gasteiger partial charge in [-0.25, -0.2) is 12.7 Å². The third kappa shape index (κ3) is 5.96. The standard InChI is InChI=1S/C27H37N5O4S/c1-4-23-10-6-9-17-31(23)25-14-12-24(32(33)34)18-21(25)20-28-22-11-13-26(30-15-7-5-8-16-30)27(19-22)37(35,36)29(2)3/h11-14,18-20,23H,4-10,15-17H2,1-3H3/t23-/m0/s1. The van der Waals surface area contributed by atoms with Gasteiger partial charge in [-0.15, -0.1) is 0 Å². The maximum atomic E-state index is 13.2. The van der Waals surface area contributed by atoms with E-state index >= 15 is 0 Å². The fourth-order valence-corrected chi connectivity index (χ4v) is 6.41. The van der Waals surface area contributed by atoms with Gasteiger partial charge in [0.15, 0.2) is 0 Å². The van der Waals surface area contributed by atoms with E-state index < -0.39 is 14.9 Å². The molecule has 2 aromatic carbocycles. The van der Waals surface area contributed by atoms with Crippen LogP contribution < -0.4 is 9.80 Å². The van der Waals surface area contributed by atoms with Crippen LogP contribution in [0.1, 0.15) is 57.4 Å². The quantitative estimate of drug-likeness (QED) is 0.261. The minimum atomic E-state index is -3.70. The minimum absolute atomic E-state index is 0.00609. The van der Waals surface area contributed by atoms with Gasteiger partial charge in [-0.05, 0) is 69.2 Å². The van der Waals surface area contributed by atoms with Crippen LogP contribution in [0.4, 0.5) is 22.7 Å². The van der Waals surface area contributed by atoms with Crippen molar-refractivity contribution in [1.82, 2.24) is 4.31 Å². The molecule has 0 amide bonds. The summed E-state index contributed by atoms with van der Waals surface area (Å²) in [5.74, 6) is 0. The molecule has 1 atom stereocenters. The molecular formula is C27H37N5O4S. The maximum Gasteiger partial charge on any atom is 0.270 e. The number of aliphatic imine (C=N–C) groups is 1. The summed E-state index contributed by atoms with van der Waals surface area (Å²) >= 11 is 0. The number of nitrogens with zero attached hydrogens (tertiary/aromatic N) is 5. The first kappa shape index (κ1) is 27.1. The number of non-ortho nitro benzene ring substituents is 1. The Labute approximate surface area is 220 Å². The van der Waals surface area contributed by atoms with Gasteiger partial charge < -0.3 is 9.80 Å². The summed E-state index contributed by atoms with van der Waals surface area (Å²) in [7, 11) is -0.634.